The highest BCUT2D eigenvalue weighted by Gasteiger charge is 2.40. The van der Waals surface area contributed by atoms with Gasteiger partial charge in [-0.3, -0.25) is 4.79 Å². The average molecular weight is 276 g/mol. The summed E-state index contributed by atoms with van der Waals surface area (Å²) in [5, 5.41) is 3.27. The maximum Gasteiger partial charge on any atom is 0.306 e. The second-order valence-corrected chi connectivity index (χ2v) is 6.95. The van der Waals surface area contributed by atoms with Gasteiger partial charge in [0.25, 0.3) is 0 Å². The van der Waals surface area contributed by atoms with Crippen molar-refractivity contribution in [2.75, 3.05) is 38.5 Å². The number of nitrogens with one attached hydrogen (secondary N) is 1. The molecule has 104 valence electrons. The molecule has 0 amide bonds. The molecule has 0 aliphatic carbocycles. The molecule has 0 spiro atoms. The molecule has 2 aliphatic heterocycles. The zero-order valence-electron chi connectivity index (χ0n) is 10.6. The number of fused-ring (bicyclic) bond motifs is 1. The first-order valence-corrected chi connectivity index (χ1v) is 7.98. The molecule has 0 aromatic carbocycles. The Kier molecular flexibility index (Phi) is 4.24. The number of rotatable bonds is 5. The third-order valence-corrected chi connectivity index (χ3v) is 5.42. The van der Waals surface area contributed by atoms with Crippen LogP contribution in [0.3, 0.4) is 0 Å². The van der Waals surface area contributed by atoms with E-state index in [1.165, 1.54) is 4.31 Å². The topological polar surface area (TPSA) is 75.7 Å². The number of sulfonamides is 1. The highest BCUT2D eigenvalue weighted by atomic mass is 32.2. The van der Waals surface area contributed by atoms with E-state index in [4.69, 9.17) is 4.74 Å². The maximum atomic E-state index is 12.1. The van der Waals surface area contributed by atoms with Crippen molar-refractivity contribution in [1.82, 2.24) is 9.62 Å². The van der Waals surface area contributed by atoms with Crippen molar-refractivity contribution in [2.24, 2.45) is 11.8 Å². The lowest BCUT2D eigenvalue weighted by molar-refractivity contribution is -0.142. The summed E-state index contributed by atoms with van der Waals surface area (Å²) in [7, 11) is -3.31. The van der Waals surface area contributed by atoms with Gasteiger partial charge >= 0.3 is 5.97 Å². The molecule has 2 saturated heterocycles. The van der Waals surface area contributed by atoms with Crippen LogP contribution in [0.1, 0.15) is 13.3 Å². The van der Waals surface area contributed by atoms with Gasteiger partial charge in [0.05, 0.1) is 18.8 Å². The first kappa shape index (κ1) is 13.8. The molecule has 18 heavy (non-hydrogen) atoms. The Bertz CT molecular complexity index is 397. The summed E-state index contributed by atoms with van der Waals surface area (Å²) < 4.78 is 30.4. The van der Waals surface area contributed by atoms with Crippen molar-refractivity contribution in [3.8, 4) is 0 Å². The SMILES string of the molecule is CCOC(=O)CCS(=O)(=O)N1C[C@H]2CNC[C@H]2C1. The third kappa shape index (κ3) is 3.02. The van der Waals surface area contributed by atoms with Gasteiger partial charge in [-0.1, -0.05) is 0 Å². The van der Waals surface area contributed by atoms with Gasteiger partial charge in [-0.15, -0.1) is 0 Å². The molecular weight excluding hydrogens is 256 g/mol. The molecule has 7 heteroatoms. The van der Waals surface area contributed by atoms with Crippen LogP contribution in [0.4, 0.5) is 0 Å². The number of carbonyl (C=O) groups excluding carboxylic acids is 1. The fourth-order valence-electron chi connectivity index (χ4n) is 2.61. The molecule has 0 bridgehead atoms. The molecule has 2 rings (SSSR count). The molecule has 2 aliphatic rings. The Morgan fingerprint density at radius 2 is 1.94 bits per heavy atom. The molecule has 0 aromatic rings. The van der Waals surface area contributed by atoms with E-state index in [0.29, 0.717) is 31.5 Å². The van der Waals surface area contributed by atoms with Gasteiger partial charge in [-0.2, -0.15) is 0 Å². The summed E-state index contributed by atoms with van der Waals surface area (Å²) in [6, 6.07) is 0. The number of esters is 1. The molecular formula is C11H20N2O4S. The Morgan fingerprint density at radius 3 is 2.50 bits per heavy atom. The van der Waals surface area contributed by atoms with Crippen molar-refractivity contribution in [1.29, 1.82) is 0 Å². The minimum absolute atomic E-state index is 0.0553. The first-order valence-electron chi connectivity index (χ1n) is 6.37. The Hall–Kier alpha value is -0.660. The van der Waals surface area contributed by atoms with Crippen LogP contribution in [0.5, 0.6) is 0 Å². The van der Waals surface area contributed by atoms with Crippen LogP contribution >= 0.6 is 0 Å². The Labute approximate surface area is 108 Å². The summed E-state index contributed by atoms with van der Waals surface area (Å²) in [6.45, 7) is 4.97. The highest BCUT2D eigenvalue weighted by Crippen LogP contribution is 2.28. The van der Waals surface area contributed by atoms with E-state index in [2.05, 4.69) is 5.32 Å². The minimum atomic E-state index is -3.31. The molecule has 2 heterocycles. The number of nitrogens with zero attached hydrogens (tertiary/aromatic N) is 1. The van der Waals surface area contributed by atoms with Crippen LogP contribution in [0.25, 0.3) is 0 Å². The molecule has 0 radical (unpaired) electrons. The number of carbonyl (C=O) groups is 1. The fraction of sp³-hybridized carbons (Fsp3) is 0.909. The van der Waals surface area contributed by atoms with Crippen molar-refractivity contribution in [2.45, 2.75) is 13.3 Å². The molecule has 6 nitrogen and oxygen atoms in total. The largest absolute Gasteiger partial charge is 0.466 e. The van der Waals surface area contributed by atoms with Gasteiger partial charge in [0, 0.05) is 13.1 Å². The van der Waals surface area contributed by atoms with Gasteiger partial charge in [0.15, 0.2) is 0 Å². The zero-order valence-corrected chi connectivity index (χ0v) is 11.4. The highest BCUT2D eigenvalue weighted by molar-refractivity contribution is 7.89. The third-order valence-electron chi connectivity index (χ3n) is 3.62. The fourth-order valence-corrected chi connectivity index (χ4v) is 4.13. The van der Waals surface area contributed by atoms with E-state index >= 15 is 0 Å². The van der Waals surface area contributed by atoms with Gasteiger partial charge in [0.2, 0.25) is 10.0 Å². The second kappa shape index (κ2) is 5.54. The number of hydrogen-bond donors (Lipinski definition) is 1. The van der Waals surface area contributed by atoms with Gasteiger partial charge < -0.3 is 10.1 Å². The van der Waals surface area contributed by atoms with Crippen LogP contribution in [0, 0.1) is 11.8 Å². The standard InChI is InChI=1S/C11H20N2O4S/c1-2-17-11(14)3-4-18(15,16)13-7-9-5-12-6-10(9)8-13/h9-10,12H,2-8H2,1H3/t9-,10+. The molecule has 2 fully saturated rings. The lowest BCUT2D eigenvalue weighted by atomic mass is 10.0. The minimum Gasteiger partial charge on any atom is -0.466 e. The van der Waals surface area contributed by atoms with Crippen LogP contribution in [0.2, 0.25) is 0 Å². The van der Waals surface area contributed by atoms with E-state index in [1.807, 2.05) is 0 Å². The monoisotopic (exact) mass is 276 g/mol. The van der Waals surface area contributed by atoms with Crippen LogP contribution < -0.4 is 5.32 Å². The lowest BCUT2D eigenvalue weighted by Crippen LogP contribution is -2.34. The lowest BCUT2D eigenvalue weighted by Gasteiger charge is -2.17. The van der Waals surface area contributed by atoms with E-state index < -0.39 is 16.0 Å². The van der Waals surface area contributed by atoms with E-state index in [0.717, 1.165) is 13.1 Å². The average Bonchev–Trinajstić information content (AvgIpc) is 2.87. The van der Waals surface area contributed by atoms with Crippen molar-refractivity contribution in [3.63, 3.8) is 0 Å². The molecule has 0 unspecified atom stereocenters. The van der Waals surface area contributed by atoms with Crippen molar-refractivity contribution in [3.05, 3.63) is 0 Å². The quantitative estimate of drug-likeness (QED) is 0.680. The van der Waals surface area contributed by atoms with E-state index in [9.17, 15) is 13.2 Å². The molecule has 1 N–H and O–H groups in total. The van der Waals surface area contributed by atoms with Crippen LogP contribution in [-0.4, -0.2) is 57.2 Å². The van der Waals surface area contributed by atoms with Gasteiger partial charge in [0.1, 0.15) is 0 Å². The number of hydrogen-bond acceptors (Lipinski definition) is 5. The summed E-state index contributed by atoms with van der Waals surface area (Å²) in [5.74, 6) is 0.283. The summed E-state index contributed by atoms with van der Waals surface area (Å²) >= 11 is 0. The predicted molar refractivity (Wildman–Crippen MR) is 66.5 cm³/mol. The maximum absolute atomic E-state index is 12.1. The van der Waals surface area contributed by atoms with E-state index in [-0.39, 0.29) is 12.2 Å². The second-order valence-electron chi connectivity index (χ2n) is 4.87. The smallest absolute Gasteiger partial charge is 0.306 e. The van der Waals surface area contributed by atoms with E-state index in [1.54, 1.807) is 6.92 Å². The van der Waals surface area contributed by atoms with Crippen LogP contribution in [0.15, 0.2) is 0 Å². The summed E-state index contributed by atoms with van der Waals surface area (Å²) in [4.78, 5) is 11.2. The van der Waals surface area contributed by atoms with Gasteiger partial charge in [-0.05, 0) is 31.8 Å². The predicted octanol–water partition coefficient (Wildman–Crippen LogP) is -0.579. The molecule has 2 atom stereocenters. The normalized spacial score (nSPS) is 28.3. The van der Waals surface area contributed by atoms with Gasteiger partial charge in [-0.25, -0.2) is 12.7 Å². The zero-order chi connectivity index (χ0) is 13.2. The summed E-state index contributed by atoms with van der Waals surface area (Å²) in [5.41, 5.74) is 0. The number of ether oxygens (including phenoxy) is 1. The van der Waals surface area contributed by atoms with Crippen molar-refractivity contribution < 1.29 is 17.9 Å². The first-order chi connectivity index (χ1) is 8.53. The Morgan fingerprint density at radius 1 is 1.33 bits per heavy atom. The Balaban J connectivity index is 1.86. The van der Waals surface area contributed by atoms with Crippen LogP contribution in [-0.2, 0) is 19.6 Å². The van der Waals surface area contributed by atoms with Crippen molar-refractivity contribution >= 4 is 16.0 Å². The molecule has 0 aromatic heterocycles. The molecule has 0 saturated carbocycles. The summed E-state index contributed by atoms with van der Waals surface area (Å²) in [6.07, 6.45) is -0.0553.